The number of thiocarbonyl (C=S) groups is 1. The molecule has 1 aromatic carbocycles. The SMILES string of the molecule is N#Cc1ncc(N2C(=O)CCCN(c3ccccc3)C2=S)cc1C(F)(F)F. The first-order chi connectivity index (χ1) is 12.8. The number of hydrogen-bond acceptors (Lipinski definition) is 4. The molecule has 0 bridgehead atoms. The fourth-order valence-electron chi connectivity index (χ4n) is 2.81. The van der Waals surface area contributed by atoms with Gasteiger partial charge >= 0.3 is 6.18 Å². The molecule has 2 aromatic rings. The highest BCUT2D eigenvalue weighted by Gasteiger charge is 2.37. The fraction of sp³-hybridized carbons (Fsp3) is 0.222. The highest BCUT2D eigenvalue weighted by Crippen LogP contribution is 2.34. The van der Waals surface area contributed by atoms with Crippen LogP contribution >= 0.6 is 12.2 Å². The number of para-hydroxylation sites is 1. The van der Waals surface area contributed by atoms with Crippen LogP contribution in [0.5, 0.6) is 0 Å². The Kier molecular flexibility index (Phi) is 5.10. The first-order valence-corrected chi connectivity index (χ1v) is 8.40. The molecule has 1 aromatic heterocycles. The molecule has 0 saturated carbocycles. The van der Waals surface area contributed by atoms with E-state index in [-0.39, 0.29) is 17.2 Å². The second-order valence-corrected chi connectivity index (χ2v) is 6.17. The summed E-state index contributed by atoms with van der Waals surface area (Å²) >= 11 is 5.43. The van der Waals surface area contributed by atoms with Crippen molar-refractivity contribution in [2.45, 2.75) is 19.0 Å². The van der Waals surface area contributed by atoms with Crippen molar-refractivity contribution in [3.8, 4) is 6.07 Å². The van der Waals surface area contributed by atoms with E-state index >= 15 is 0 Å². The molecule has 0 N–H and O–H groups in total. The van der Waals surface area contributed by atoms with Crippen LogP contribution < -0.4 is 9.80 Å². The Morgan fingerprint density at radius 2 is 1.89 bits per heavy atom. The molecule has 0 unspecified atom stereocenters. The van der Waals surface area contributed by atoms with E-state index < -0.39 is 23.3 Å². The van der Waals surface area contributed by atoms with Crippen LogP contribution in [0.3, 0.4) is 0 Å². The molecule has 0 radical (unpaired) electrons. The van der Waals surface area contributed by atoms with Gasteiger partial charge in [-0.05, 0) is 36.8 Å². The lowest BCUT2D eigenvalue weighted by molar-refractivity contribution is -0.138. The fourth-order valence-corrected chi connectivity index (χ4v) is 3.21. The summed E-state index contributed by atoms with van der Waals surface area (Å²) in [5.74, 6) is -0.418. The van der Waals surface area contributed by atoms with Gasteiger partial charge in [0, 0.05) is 18.7 Å². The van der Waals surface area contributed by atoms with Gasteiger partial charge in [0.1, 0.15) is 6.07 Å². The van der Waals surface area contributed by atoms with Crippen molar-refractivity contribution < 1.29 is 18.0 Å². The van der Waals surface area contributed by atoms with E-state index in [1.54, 1.807) is 29.2 Å². The van der Waals surface area contributed by atoms with Crippen molar-refractivity contribution in [3.05, 3.63) is 53.9 Å². The van der Waals surface area contributed by atoms with Crippen LogP contribution in [-0.4, -0.2) is 22.5 Å². The normalized spacial score (nSPS) is 15.5. The molecule has 138 valence electrons. The van der Waals surface area contributed by atoms with E-state index in [4.69, 9.17) is 17.5 Å². The standard InChI is InChI=1S/C18H13F3N4OS/c19-18(20,21)14-9-13(11-23-15(14)10-22)25-16(26)7-4-8-24(17(25)27)12-5-2-1-3-6-12/h1-3,5-6,9,11H,4,7-8H2. The summed E-state index contributed by atoms with van der Waals surface area (Å²) in [6.45, 7) is 0.459. The molecule has 5 nitrogen and oxygen atoms in total. The molecule has 1 aliphatic rings. The first-order valence-electron chi connectivity index (χ1n) is 8.00. The van der Waals surface area contributed by atoms with Gasteiger partial charge in [-0.25, -0.2) is 4.98 Å². The number of halogens is 3. The number of benzene rings is 1. The average Bonchev–Trinajstić information content (AvgIpc) is 2.79. The van der Waals surface area contributed by atoms with Crippen LogP contribution in [0.4, 0.5) is 24.5 Å². The molecule has 1 amide bonds. The Balaban J connectivity index is 2.07. The smallest absolute Gasteiger partial charge is 0.318 e. The topological polar surface area (TPSA) is 60.2 Å². The van der Waals surface area contributed by atoms with Crippen molar-refractivity contribution in [2.75, 3.05) is 16.3 Å². The van der Waals surface area contributed by atoms with Gasteiger partial charge in [0.05, 0.1) is 17.4 Å². The lowest BCUT2D eigenvalue weighted by atomic mass is 10.1. The average molecular weight is 390 g/mol. The van der Waals surface area contributed by atoms with Crippen LogP contribution in [0.1, 0.15) is 24.1 Å². The lowest BCUT2D eigenvalue weighted by Gasteiger charge is -2.29. The summed E-state index contributed by atoms with van der Waals surface area (Å²) in [6.07, 6.45) is -3.08. The van der Waals surface area contributed by atoms with Gasteiger partial charge in [-0.2, -0.15) is 18.4 Å². The zero-order valence-electron chi connectivity index (χ0n) is 13.9. The van der Waals surface area contributed by atoms with Crippen molar-refractivity contribution in [2.24, 2.45) is 0 Å². The van der Waals surface area contributed by atoms with Crippen LogP contribution in [0.2, 0.25) is 0 Å². The van der Waals surface area contributed by atoms with Gasteiger partial charge in [0.15, 0.2) is 10.8 Å². The zero-order chi connectivity index (χ0) is 19.6. The Bertz CT molecular complexity index is 924. The third-order valence-electron chi connectivity index (χ3n) is 4.05. The minimum Gasteiger partial charge on any atom is -0.318 e. The number of nitriles is 1. The molecule has 3 rings (SSSR count). The minimum atomic E-state index is -4.77. The van der Waals surface area contributed by atoms with E-state index in [9.17, 15) is 18.0 Å². The number of amides is 1. The van der Waals surface area contributed by atoms with Crippen molar-refractivity contribution in [3.63, 3.8) is 0 Å². The Hall–Kier alpha value is -2.99. The Labute approximate surface area is 158 Å². The maximum atomic E-state index is 13.3. The predicted octanol–water partition coefficient (Wildman–Crippen LogP) is 3.89. The molecule has 27 heavy (non-hydrogen) atoms. The predicted molar refractivity (Wildman–Crippen MR) is 97.1 cm³/mol. The number of carbonyl (C=O) groups is 1. The molecule has 1 aliphatic heterocycles. The van der Waals surface area contributed by atoms with Crippen LogP contribution in [0, 0.1) is 11.3 Å². The highest BCUT2D eigenvalue weighted by molar-refractivity contribution is 7.81. The maximum absolute atomic E-state index is 13.3. The highest BCUT2D eigenvalue weighted by atomic mass is 32.1. The van der Waals surface area contributed by atoms with E-state index in [1.165, 1.54) is 6.07 Å². The summed E-state index contributed by atoms with van der Waals surface area (Å²) in [4.78, 5) is 18.9. The number of hydrogen-bond donors (Lipinski definition) is 0. The van der Waals surface area contributed by atoms with E-state index in [2.05, 4.69) is 4.98 Å². The van der Waals surface area contributed by atoms with Gasteiger partial charge in [-0.1, -0.05) is 18.2 Å². The Morgan fingerprint density at radius 3 is 2.52 bits per heavy atom. The summed E-state index contributed by atoms with van der Waals surface area (Å²) in [6, 6.07) is 11.2. The monoisotopic (exact) mass is 390 g/mol. The number of carbonyl (C=O) groups excluding carboxylic acids is 1. The molecule has 2 heterocycles. The molecular weight excluding hydrogens is 377 g/mol. The van der Waals surface area contributed by atoms with E-state index in [1.807, 2.05) is 6.07 Å². The van der Waals surface area contributed by atoms with Gasteiger partial charge in [-0.15, -0.1) is 0 Å². The van der Waals surface area contributed by atoms with Crippen molar-refractivity contribution in [1.29, 1.82) is 5.26 Å². The van der Waals surface area contributed by atoms with Gasteiger partial charge in [0.25, 0.3) is 0 Å². The summed E-state index contributed by atoms with van der Waals surface area (Å²) in [7, 11) is 0. The van der Waals surface area contributed by atoms with Gasteiger partial charge in [-0.3, -0.25) is 9.69 Å². The largest absolute Gasteiger partial charge is 0.419 e. The summed E-state index contributed by atoms with van der Waals surface area (Å²) in [5, 5.41) is 8.97. The second kappa shape index (κ2) is 7.32. The third-order valence-corrected chi connectivity index (χ3v) is 4.46. The number of rotatable bonds is 2. The molecule has 1 saturated heterocycles. The first kappa shape index (κ1) is 18.8. The quantitative estimate of drug-likeness (QED) is 0.728. The number of aromatic nitrogens is 1. The summed E-state index contributed by atoms with van der Waals surface area (Å²) in [5.41, 5.74) is -1.33. The van der Waals surface area contributed by atoms with Gasteiger partial charge < -0.3 is 4.90 Å². The Morgan fingerprint density at radius 1 is 1.19 bits per heavy atom. The van der Waals surface area contributed by atoms with Crippen LogP contribution in [0.25, 0.3) is 0 Å². The minimum absolute atomic E-state index is 0.0725. The lowest BCUT2D eigenvalue weighted by Crippen LogP contribution is -2.44. The molecule has 0 spiro atoms. The van der Waals surface area contributed by atoms with Crippen molar-refractivity contribution >= 4 is 34.6 Å². The van der Waals surface area contributed by atoms with E-state index in [0.717, 1.165) is 22.9 Å². The summed E-state index contributed by atoms with van der Waals surface area (Å²) < 4.78 is 39.8. The zero-order valence-corrected chi connectivity index (χ0v) is 14.7. The number of alkyl halides is 3. The molecular formula is C18H13F3N4OS. The van der Waals surface area contributed by atoms with Gasteiger partial charge in [0.2, 0.25) is 5.91 Å². The van der Waals surface area contributed by atoms with Crippen molar-refractivity contribution in [1.82, 2.24) is 4.98 Å². The number of pyridine rings is 1. The van der Waals surface area contributed by atoms with E-state index in [0.29, 0.717) is 13.0 Å². The maximum Gasteiger partial charge on any atom is 0.419 e. The number of nitrogens with zero attached hydrogens (tertiary/aromatic N) is 4. The van der Waals surface area contributed by atoms with Crippen LogP contribution in [-0.2, 0) is 11.0 Å². The number of anilines is 2. The van der Waals surface area contributed by atoms with Crippen LogP contribution in [0.15, 0.2) is 42.6 Å². The second-order valence-electron chi connectivity index (χ2n) is 5.80. The third kappa shape index (κ3) is 3.75. The molecule has 0 atom stereocenters. The molecule has 0 aliphatic carbocycles. The molecule has 1 fully saturated rings. The molecule has 9 heteroatoms.